The van der Waals surface area contributed by atoms with Gasteiger partial charge in [0.25, 0.3) is 0 Å². The molecule has 0 spiro atoms. The van der Waals surface area contributed by atoms with E-state index in [-0.39, 0.29) is 18.6 Å². The fourth-order valence-electron chi connectivity index (χ4n) is 1.97. The quantitative estimate of drug-likeness (QED) is 0.786. The van der Waals surface area contributed by atoms with E-state index in [4.69, 9.17) is 4.74 Å². The SMILES string of the molecule is CCOC(=O)CNC(C)c1c(C)nn(C)c1C. The van der Waals surface area contributed by atoms with Gasteiger partial charge in [0.1, 0.15) is 0 Å². The molecule has 0 aliphatic heterocycles. The summed E-state index contributed by atoms with van der Waals surface area (Å²) in [6.45, 7) is 8.47. The summed E-state index contributed by atoms with van der Waals surface area (Å²) >= 11 is 0. The normalized spacial score (nSPS) is 12.5. The minimum atomic E-state index is -0.224. The molecular weight excluding hydrogens is 218 g/mol. The van der Waals surface area contributed by atoms with Gasteiger partial charge < -0.3 is 10.1 Å². The van der Waals surface area contributed by atoms with Crippen molar-refractivity contribution in [1.82, 2.24) is 15.1 Å². The fraction of sp³-hybridized carbons (Fsp3) is 0.667. The van der Waals surface area contributed by atoms with Crippen molar-refractivity contribution in [2.45, 2.75) is 33.7 Å². The first-order chi connectivity index (χ1) is 7.97. The number of nitrogens with zero attached hydrogens (tertiary/aromatic N) is 2. The summed E-state index contributed by atoms with van der Waals surface area (Å²) < 4.78 is 6.73. The van der Waals surface area contributed by atoms with Gasteiger partial charge in [0.2, 0.25) is 0 Å². The van der Waals surface area contributed by atoms with Crippen molar-refractivity contribution in [3.05, 3.63) is 17.0 Å². The van der Waals surface area contributed by atoms with Crippen LogP contribution in [0.5, 0.6) is 0 Å². The maximum Gasteiger partial charge on any atom is 0.319 e. The van der Waals surface area contributed by atoms with Crippen LogP contribution in [0.15, 0.2) is 0 Å². The Hall–Kier alpha value is -1.36. The van der Waals surface area contributed by atoms with Gasteiger partial charge in [-0.15, -0.1) is 0 Å². The van der Waals surface area contributed by atoms with Crippen LogP contribution < -0.4 is 5.32 Å². The molecule has 1 N–H and O–H groups in total. The zero-order chi connectivity index (χ0) is 13.0. The molecule has 0 aromatic carbocycles. The van der Waals surface area contributed by atoms with E-state index in [1.54, 1.807) is 6.92 Å². The average molecular weight is 239 g/mol. The second-order valence-corrected chi connectivity index (χ2v) is 4.12. The summed E-state index contributed by atoms with van der Waals surface area (Å²) in [5, 5.41) is 7.51. The molecule has 1 atom stereocenters. The summed E-state index contributed by atoms with van der Waals surface area (Å²) in [4.78, 5) is 11.2. The highest BCUT2D eigenvalue weighted by Gasteiger charge is 2.16. The Balaban J connectivity index is 2.64. The van der Waals surface area contributed by atoms with Crippen molar-refractivity contribution < 1.29 is 9.53 Å². The first-order valence-electron chi connectivity index (χ1n) is 5.86. The van der Waals surface area contributed by atoms with E-state index < -0.39 is 0 Å². The lowest BCUT2D eigenvalue weighted by molar-refractivity contribution is -0.142. The van der Waals surface area contributed by atoms with Crippen LogP contribution in [-0.4, -0.2) is 28.9 Å². The van der Waals surface area contributed by atoms with Gasteiger partial charge in [0, 0.05) is 24.3 Å². The Kier molecular flexibility index (Phi) is 4.69. The van der Waals surface area contributed by atoms with Gasteiger partial charge in [-0.25, -0.2) is 0 Å². The van der Waals surface area contributed by atoms with Gasteiger partial charge in [-0.2, -0.15) is 5.10 Å². The monoisotopic (exact) mass is 239 g/mol. The molecule has 0 saturated carbocycles. The van der Waals surface area contributed by atoms with E-state index in [0.717, 1.165) is 17.0 Å². The highest BCUT2D eigenvalue weighted by Crippen LogP contribution is 2.20. The molecule has 0 radical (unpaired) electrons. The fourth-order valence-corrected chi connectivity index (χ4v) is 1.97. The van der Waals surface area contributed by atoms with Crippen molar-refractivity contribution in [2.75, 3.05) is 13.2 Å². The van der Waals surface area contributed by atoms with Gasteiger partial charge in [-0.3, -0.25) is 9.48 Å². The molecule has 1 aromatic rings. The molecule has 5 heteroatoms. The van der Waals surface area contributed by atoms with Crippen LogP contribution in [0.2, 0.25) is 0 Å². The van der Waals surface area contributed by atoms with Crippen molar-refractivity contribution in [1.29, 1.82) is 0 Å². The lowest BCUT2D eigenvalue weighted by atomic mass is 10.1. The molecule has 0 amide bonds. The molecule has 1 rings (SSSR count). The lowest BCUT2D eigenvalue weighted by Gasteiger charge is -2.14. The largest absolute Gasteiger partial charge is 0.465 e. The van der Waals surface area contributed by atoms with Crippen molar-refractivity contribution in [3.8, 4) is 0 Å². The van der Waals surface area contributed by atoms with Gasteiger partial charge in [0.15, 0.2) is 0 Å². The highest BCUT2D eigenvalue weighted by molar-refractivity contribution is 5.71. The standard InChI is InChI=1S/C12H21N3O2/c1-6-17-11(16)7-13-8(2)12-9(3)14-15(5)10(12)4/h8,13H,6-7H2,1-5H3. The number of nitrogens with one attached hydrogen (secondary N) is 1. The molecule has 0 saturated heterocycles. The highest BCUT2D eigenvalue weighted by atomic mass is 16.5. The van der Waals surface area contributed by atoms with Crippen LogP contribution in [0.1, 0.15) is 36.8 Å². The summed E-state index contributed by atoms with van der Waals surface area (Å²) in [6, 6.07) is 0.0908. The molecule has 0 bridgehead atoms. The number of aryl methyl sites for hydroxylation is 2. The van der Waals surface area contributed by atoms with E-state index >= 15 is 0 Å². The molecule has 17 heavy (non-hydrogen) atoms. The van der Waals surface area contributed by atoms with Crippen molar-refractivity contribution in [2.24, 2.45) is 7.05 Å². The smallest absolute Gasteiger partial charge is 0.319 e. The number of hydrogen-bond donors (Lipinski definition) is 1. The van der Waals surface area contributed by atoms with E-state index in [1.807, 2.05) is 32.5 Å². The summed E-state index contributed by atoms with van der Waals surface area (Å²) in [6.07, 6.45) is 0. The number of esters is 1. The molecular formula is C12H21N3O2. The van der Waals surface area contributed by atoms with Crippen LogP contribution in [0.25, 0.3) is 0 Å². The Morgan fingerprint density at radius 2 is 2.18 bits per heavy atom. The number of carbonyl (C=O) groups excluding carboxylic acids is 1. The predicted molar refractivity (Wildman–Crippen MR) is 65.7 cm³/mol. The Morgan fingerprint density at radius 3 is 2.65 bits per heavy atom. The van der Waals surface area contributed by atoms with Crippen molar-refractivity contribution >= 4 is 5.97 Å². The summed E-state index contributed by atoms with van der Waals surface area (Å²) in [5.74, 6) is -0.224. The van der Waals surface area contributed by atoms with E-state index in [0.29, 0.717) is 6.61 Å². The molecule has 1 aromatic heterocycles. The van der Waals surface area contributed by atoms with Crippen LogP contribution >= 0.6 is 0 Å². The maximum absolute atomic E-state index is 11.2. The molecule has 0 fully saturated rings. The number of carbonyl (C=O) groups is 1. The van der Waals surface area contributed by atoms with Gasteiger partial charge in [-0.05, 0) is 27.7 Å². The first-order valence-corrected chi connectivity index (χ1v) is 5.86. The maximum atomic E-state index is 11.2. The summed E-state index contributed by atoms with van der Waals surface area (Å²) in [7, 11) is 1.92. The van der Waals surface area contributed by atoms with E-state index in [2.05, 4.69) is 10.4 Å². The Labute approximate surface area is 102 Å². The van der Waals surface area contributed by atoms with Crippen LogP contribution in [-0.2, 0) is 16.6 Å². The average Bonchev–Trinajstić information content (AvgIpc) is 2.50. The van der Waals surface area contributed by atoms with Gasteiger partial charge in [0.05, 0.1) is 18.8 Å². The van der Waals surface area contributed by atoms with Crippen LogP contribution in [0.3, 0.4) is 0 Å². The molecule has 96 valence electrons. The third-order valence-corrected chi connectivity index (χ3v) is 2.86. The Bertz CT molecular complexity index is 399. The second-order valence-electron chi connectivity index (χ2n) is 4.12. The number of aromatic nitrogens is 2. The van der Waals surface area contributed by atoms with Crippen molar-refractivity contribution in [3.63, 3.8) is 0 Å². The zero-order valence-corrected chi connectivity index (χ0v) is 11.2. The minimum Gasteiger partial charge on any atom is -0.465 e. The third-order valence-electron chi connectivity index (χ3n) is 2.86. The molecule has 5 nitrogen and oxygen atoms in total. The van der Waals surface area contributed by atoms with Gasteiger partial charge in [-0.1, -0.05) is 0 Å². The predicted octanol–water partition coefficient (Wildman–Crippen LogP) is 1.25. The van der Waals surface area contributed by atoms with E-state index in [9.17, 15) is 4.79 Å². The number of ether oxygens (including phenoxy) is 1. The molecule has 0 aliphatic rings. The third kappa shape index (κ3) is 3.30. The topological polar surface area (TPSA) is 56.1 Å². The minimum absolute atomic E-state index is 0.0908. The Morgan fingerprint density at radius 1 is 1.53 bits per heavy atom. The second kappa shape index (κ2) is 5.82. The zero-order valence-electron chi connectivity index (χ0n) is 11.2. The van der Waals surface area contributed by atoms with Crippen LogP contribution in [0.4, 0.5) is 0 Å². The van der Waals surface area contributed by atoms with Gasteiger partial charge >= 0.3 is 5.97 Å². The van der Waals surface area contributed by atoms with Crippen LogP contribution in [0, 0.1) is 13.8 Å². The molecule has 1 heterocycles. The number of rotatable bonds is 5. The lowest BCUT2D eigenvalue weighted by Crippen LogP contribution is -2.28. The van der Waals surface area contributed by atoms with E-state index in [1.165, 1.54) is 0 Å². The summed E-state index contributed by atoms with van der Waals surface area (Å²) in [5.41, 5.74) is 3.26. The molecule has 0 aliphatic carbocycles. The first kappa shape index (κ1) is 13.7. The molecule has 1 unspecified atom stereocenters. The number of hydrogen-bond acceptors (Lipinski definition) is 4.